The first-order chi connectivity index (χ1) is 11.2. The standard InChI is InChI=1S/C16H9FN4OS/c17-12-5-1-3-10(7-12)8-13-15(22)21-16(23-13)19-14(20-21)11-4-2-6-18-9-11/h1-9H/b13-8-. The molecule has 4 aromatic rings. The highest BCUT2D eigenvalue weighted by molar-refractivity contribution is 7.15. The number of rotatable bonds is 2. The quantitative estimate of drug-likeness (QED) is 0.565. The highest BCUT2D eigenvalue weighted by Crippen LogP contribution is 2.14. The second-order valence-electron chi connectivity index (χ2n) is 4.84. The van der Waals surface area contributed by atoms with Crippen LogP contribution < -0.4 is 10.1 Å². The number of benzene rings is 1. The Hall–Kier alpha value is -2.93. The fourth-order valence-electron chi connectivity index (χ4n) is 2.20. The topological polar surface area (TPSA) is 60.2 Å². The van der Waals surface area contributed by atoms with Gasteiger partial charge in [-0.15, -0.1) is 5.10 Å². The van der Waals surface area contributed by atoms with Gasteiger partial charge in [0.1, 0.15) is 5.82 Å². The highest BCUT2D eigenvalue weighted by Gasteiger charge is 2.11. The molecule has 0 saturated carbocycles. The summed E-state index contributed by atoms with van der Waals surface area (Å²) >= 11 is 1.22. The van der Waals surface area contributed by atoms with E-state index in [0.29, 0.717) is 20.9 Å². The Morgan fingerprint density at radius 2 is 2.13 bits per heavy atom. The van der Waals surface area contributed by atoms with Gasteiger partial charge < -0.3 is 0 Å². The number of aromatic nitrogens is 4. The molecule has 3 heterocycles. The van der Waals surface area contributed by atoms with Crippen molar-refractivity contribution in [1.29, 1.82) is 0 Å². The van der Waals surface area contributed by atoms with E-state index in [1.54, 1.807) is 36.7 Å². The lowest BCUT2D eigenvalue weighted by Gasteiger charge is -1.91. The molecule has 23 heavy (non-hydrogen) atoms. The van der Waals surface area contributed by atoms with Crippen LogP contribution in [0, 0.1) is 5.82 Å². The van der Waals surface area contributed by atoms with E-state index in [1.807, 2.05) is 6.07 Å². The van der Waals surface area contributed by atoms with Crippen LogP contribution >= 0.6 is 11.3 Å². The average molecular weight is 324 g/mol. The van der Waals surface area contributed by atoms with Crippen molar-refractivity contribution in [3.05, 3.63) is 75.1 Å². The summed E-state index contributed by atoms with van der Waals surface area (Å²) in [6, 6.07) is 9.68. The van der Waals surface area contributed by atoms with Gasteiger partial charge in [-0.2, -0.15) is 9.50 Å². The van der Waals surface area contributed by atoms with E-state index in [-0.39, 0.29) is 11.4 Å². The zero-order chi connectivity index (χ0) is 15.8. The predicted molar refractivity (Wildman–Crippen MR) is 85.5 cm³/mol. The van der Waals surface area contributed by atoms with Crippen molar-refractivity contribution in [2.45, 2.75) is 0 Å². The third-order valence-corrected chi connectivity index (χ3v) is 4.21. The van der Waals surface area contributed by atoms with Crippen LogP contribution in [0.1, 0.15) is 5.56 Å². The number of halogens is 1. The molecular weight excluding hydrogens is 315 g/mol. The average Bonchev–Trinajstić information content (AvgIpc) is 3.09. The fraction of sp³-hybridized carbons (Fsp3) is 0. The van der Waals surface area contributed by atoms with E-state index in [9.17, 15) is 9.18 Å². The first-order valence-electron chi connectivity index (χ1n) is 6.78. The number of thiazole rings is 1. The summed E-state index contributed by atoms with van der Waals surface area (Å²) in [7, 11) is 0. The molecule has 0 N–H and O–H groups in total. The Morgan fingerprint density at radius 3 is 2.87 bits per heavy atom. The van der Waals surface area contributed by atoms with Gasteiger partial charge in [0.05, 0.1) is 4.53 Å². The first kappa shape index (κ1) is 13.7. The Bertz CT molecular complexity index is 1100. The number of hydrogen-bond acceptors (Lipinski definition) is 5. The smallest absolute Gasteiger partial charge is 0.266 e. The summed E-state index contributed by atoms with van der Waals surface area (Å²) in [5, 5.41) is 4.23. The van der Waals surface area contributed by atoms with Crippen LogP contribution in [0.5, 0.6) is 0 Å². The van der Waals surface area contributed by atoms with Crippen molar-refractivity contribution in [2.75, 3.05) is 0 Å². The van der Waals surface area contributed by atoms with E-state index in [4.69, 9.17) is 0 Å². The molecule has 5 nitrogen and oxygen atoms in total. The van der Waals surface area contributed by atoms with E-state index >= 15 is 0 Å². The molecule has 0 radical (unpaired) electrons. The molecule has 0 aliphatic carbocycles. The molecule has 0 fully saturated rings. The molecular formula is C16H9FN4OS. The number of pyridine rings is 1. The summed E-state index contributed by atoms with van der Waals surface area (Å²) in [5.41, 5.74) is 1.11. The molecule has 3 aromatic heterocycles. The molecule has 1 aromatic carbocycles. The minimum atomic E-state index is -0.343. The summed E-state index contributed by atoms with van der Waals surface area (Å²) in [4.78, 5) is 21.3. The van der Waals surface area contributed by atoms with Crippen molar-refractivity contribution in [2.24, 2.45) is 0 Å². The molecule has 0 saturated heterocycles. The van der Waals surface area contributed by atoms with E-state index in [0.717, 1.165) is 5.56 Å². The summed E-state index contributed by atoms with van der Waals surface area (Å²) < 4.78 is 14.9. The number of fused-ring (bicyclic) bond motifs is 1. The van der Waals surface area contributed by atoms with Crippen LogP contribution in [-0.2, 0) is 0 Å². The molecule has 0 aliphatic rings. The lowest BCUT2D eigenvalue weighted by Crippen LogP contribution is -2.23. The van der Waals surface area contributed by atoms with Gasteiger partial charge in [0.25, 0.3) is 5.56 Å². The molecule has 0 bridgehead atoms. The first-order valence-corrected chi connectivity index (χ1v) is 7.60. The maximum atomic E-state index is 13.2. The third kappa shape index (κ3) is 2.51. The van der Waals surface area contributed by atoms with Crippen molar-refractivity contribution < 1.29 is 4.39 Å². The second kappa shape index (κ2) is 5.36. The van der Waals surface area contributed by atoms with Crippen molar-refractivity contribution in [1.82, 2.24) is 19.6 Å². The number of nitrogens with zero attached hydrogens (tertiary/aromatic N) is 4. The summed E-state index contributed by atoms with van der Waals surface area (Å²) in [5.74, 6) is 0.114. The molecule has 0 spiro atoms. The Balaban J connectivity index is 1.84. The van der Waals surface area contributed by atoms with Crippen LogP contribution in [0.15, 0.2) is 53.6 Å². The van der Waals surface area contributed by atoms with Gasteiger partial charge in [0.15, 0.2) is 5.82 Å². The van der Waals surface area contributed by atoms with Gasteiger partial charge >= 0.3 is 0 Å². The summed E-state index contributed by atoms with van der Waals surface area (Å²) in [6.45, 7) is 0. The second-order valence-corrected chi connectivity index (χ2v) is 5.85. The molecule has 0 atom stereocenters. The minimum absolute atomic E-state index is 0.267. The Kier molecular flexibility index (Phi) is 3.20. The highest BCUT2D eigenvalue weighted by atomic mass is 32.1. The molecule has 112 valence electrons. The molecule has 0 unspecified atom stereocenters. The minimum Gasteiger partial charge on any atom is -0.266 e. The maximum absolute atomic E-state index is 13.2. The van der Waals surface area contributed by atoms with Gasteiger partial charge in [-0.25, -0.2) is 4.39 Å². The zero-order valence-electron chi connectivity index (χ0n) is 11.7. The predicted octanol–water partition coefficient (Wildman–Crippen LogP) is 1.90. The van der Waals surface area contributed by atoms with Gasteiger partial charge in [-0.1, -0.05) is 23.5 Å². The van der Waals surface area contributed by atoms with Crippen LogP contribution in [0.25, 0.3) is 22.4 Å². The molecule has 7 heteroatoms. The van der Waals surface area contributed by atoms with Gasteiger partial charge in [-0.3, -0.25) is 9.78 Å². The maximum Gasteiger partial charge on any atom is 0.291 e. The normalized spacial score (nSPS) is 12.1. The van der Waals surface area contributed by atoms with Crippen LogP contribution in [0.4, 0.5) is 4.39 Å². The molecule has 0 aliphatic heterocycles. The van der Waals surface area contributed by atoms with E-state index < -0.39 is 0 Å². The monoisotopic (exact) mass is 324 g/mol. The SMILES string of the molecule is O=c1/c(=C/c2cccc(F)c2)sc2nc(-c3cccnc3)nn12. The lowest BCUT2D eigenvalue weighted by atomic mass is 10.2. The van der Waals surface area contributed by atoms with Gasteiger partial charge in [0.2, 0.25) is 4.96 Å². The van der Waals surface area contributed by atoms with Crippen molar-refractivity contribution >= 4 is 22.4 Å². The third-order valence-electron chi connectivity index (χ3n) is 3.25. The Labute approximate surface area is 133 Å². The van der Waals surface area contributed by atoms with Gasteiger partial charge in [0, 0.05) is 18.0 Å². The fourth-order valence-corrected chi connectivity index (χ4v) is 3.11. The molecule has 4 rings (SSSR count). The van der Waals surface area contributed by atoms with Crippen LogP contribution in [0.2, 0.25) is 0 Å². The Morgan fingerprint density at radius 1 is 1.22 bits per heavy atom. The van der Waals surface area contributed by atoms with Gasteiger partial charge in [-0.05, 0) is 35.9 Å². The molecule has 0 amide bonds. The van der Waals surface area contributed by atoms with Crippen molar-refractivity contribution in [3.63, 3.8) is 0 Å². The largest absolute Gasteiger partial charge is 0.291 e. The van der Waals surface area contributed by atoms with Crippen molar-refractivity contribution in [3.8, 4) is 11.4 Å². The lowest BCUT2D eigenvalue weighted by molar-refractivity contribution is 0.627. The van der Waals surface area contributed by atoms with Crippen LogP contribution in [-0.4, -0.2) is 19.6 Å². The van der Waals surface area contributed by atoms with E-state index in [1.165, 1.54) is 28.0 Å². The van der Waals surface area contributed by atoms with E-state index in [2.05, 4.69) is 15.1 Å². The van der Waals surface area contributed by atoms with Crippen LogP contribution in [0.3, 0.4) is 0 Å². The number of hydrogen-bond donors (Lipinski definition) is 0. The zero-order valence-corrected chi connectivity index (χ0v) is 12.5. The summed E-state index contributed by atoms with van der Waals surface area (Å²) in [6.07, 6.45) is 4.94.